The minimum absolute atomic E-state index is 0.194. The summed E-state index contributed by atoms with van der Waals surface area (Å²) in [6.45, 7) is 2.97. The maximum absolute atomic E-state index is 13.0. The third-order valence-corrected chi connectivity index (χ3v) is 2.90. The van der Waals surface area contributed by atoms with Gasteiger partial charge in [0.15, 0.2) is 0 Å². The number of hydrogen-bond acceptors (Lipinski definition) is 1. The Labute approximate surface area is 108 Å². The fraction of sp³-hybridized carbons (Fsp3) is 0.250. The van der Waals surface area contributed by atoms with Gasteiger partial charge in [0.1, 0.15) is 5.82 Å². The smallest absolute Gasteiger partial charge is 0.123 e. The van der Waals surface area contributed by atoms with Crippen LogP contribution in [-0.2, 0) is 6.54 Å². The first kappa shape index (κ1) is 12.8. The molecule has 0 amide bonds. The van der Waals surface area contributed by atoms with Crippen molar-refractivity contribution in [3.8, 4) is 11.1 Å². The second-order valence-electron chi connectivity index (χ2n) is 4.91. The van der Waals surface area contributed by atoms with Crippen molar-refractivity contribution in [1.29, 1.82) is 0 Å². The van der Waals surface area contributed by atoms with E-state index in [1.54, 1.807) is 0 Å². The first-order valence-electron chi connectivity index (χ1n) is 6.06. The molecular weight excluding hydrogens is 225 g/mol. The molecule has 0 radical (unpaired) electrons. The fourth-order valence-corrected chi connectivity index (χ4v) is 2.11. The summed E-state index contributed by atoms with van der Waals surface area (Å²) in [6.07, 6.45) is 0. The van der Waals surface area contributed by atoms with E-state index in [9.17, 15) is 4.39 Å². The Kier molecular flexibility index (Phi) is 3.78. The molecule has 0 saturated carbocycles. The number of aryl methyl sites for hydroxylation is 1. The molecule has 94 valence electrons. The molecule has 0 heterocycles. The van der Waals surface area contributed by atoms with Crippen molar-refractivity contribution in [1.82, 2.24) is 4.90 Å². The molecule has 1 nitrogen and oxygen atoms in total. The summed E-state index contributed by atoms with van der Waals surface area (Å²) in [5.74, 6) is -0.194. The second-order valence-corrected chi connectivity index (χ2v) is 4.91. The third-order valence-electron chi connectivity index (χ3n) is 2.90. The molecule has 18 heavy (non-hydrogen) atoms. The Morgan fingerprint density at radius 3 is 2.28 bits per heavy atom. The van der Waals surface area contributed by atoms with Gasteiger partial charge in [-0.3, -0.25) is 0 Å². The molecule has 0 aliphatic carbocycles. The zero-order valence-corrected chi connectivity index (χ0v) is 11.1. The van der Waals surface area contributed by atoms with Crippen LogP contribution in [-0.4, -0.2) is 19.0 Å². The standard InChI is InChI=1S/C16H18FN/c1-12-4-9-16(14(10-12)11-18(2)3)13-5-7-15(17)8-6-13/h4-10H,11H2,1-3H3. The van der Waals surface area contributed by atoms with Gasteiger partial charge in [-0.25, -0.2) is 4.39 Å². The van der Waals surface area contributed by atoms with E-state index in [0.29, 0.717) is 0 Å². The highest BCUT2D eigenvalue weighted by Gasteiger charge is 2.06. The van der Waals surface area contributed by atoms with Crippen LogP contribution in [0.2, 0.25) is 0 Å². The van der Waals surface area contributed by atoms with Crippen LogP contribution >= 0.6 is 0 Å². The van der Waals surface area contributed by atoms with Crippen molar-refractivity contribution < 1.29 is 4.39 Å². The zero-order chi connectivity index (χ0) is 13.1. The number of benzene rings is 2. The van der Waals surface area contributed by atoms with Gasteiger partial charge in [-0.15, -0.1) is 0 Å². The van der Waals surface area contributed by atoms with Crippen LogP contribution in [0.5, 0.6) is 0 Å². The first-order valence-corrected chi connectivity index (χ1v) is 6.06. The number of nitrogens with zero attached hydrogens (tertiary/aromatic N) is 1. The highest BCUT2D eigenvalue weighted by atomic mass is 19.1. The van der Waals surface area contributed by atoms with Crippen LogP contribution in [0.4, 0.5) is 4.39 Å². The Morgan fingerprint density at radius 2 is 1.67 bits per heavy atom. The minimum Gasteiger partial charge on any atom is -0.305 e. The molecule has 0 spiro atoms. The highest BCUT2D eigenvalue weighted by Crippen LogP contribution is 2.25. The van der Waals surface area contributed by atoms with E-state index in [0.717, 1.165) is 12.1 Å². The van der Waals surface area contributed by atoms with Gasteiger partial charge in [0.2, 0.25) is 0 Å². The molecule has 2 rings (SSSR count). The van der Waals surface area contributed by atoms with E-state index in [-0.39, 0.29) is 5.82 Å². The van der Waals surface area contributed by atoms with Crippen molar-refractivity contribution in [2.45, 2.75) is 13.5 Å². The van der Waals surface area contributed by atoms with Crippen LogP contribution in [0.3, 0.4) is 0 Å². The zero-order valence-electron chi connectivity index (χ0n) is 11.1. The van der Waals surface area contributed by atoms with E-state index in [1.807, 2.05) is 12.1 Å². The van der Waals surface area contributed by atoms with Crippen LogP contribution in [0.1, 0.15) is 11.1 Å². The normalized spacial score (nSPS) is 10.9. The van der Waals surface area contributed by atoms with Crippen molar-refractivity contribution in [3.63, 3.8) is 0 Å². The molecule has 0 unspecified atom stereocenters. The Bertz CT molecular complexity index is 529. The average Bonchev–Trinajstić information content (AvgIpc) is 2.30. The van der Waals surface area contributed by atoms with Crippen LogP contribution in [0.15, 0.2) is 42.5 Å². The van der Waals surface area contributed by atoms with Crippen LogP contribution in [0.25, 0.3) is 11.1 Å². The van der Waals surface area contributed by atoms with Gasteiger partial charge >= 0.3 is 0 Å². The highest BCUT2D eigenvalue weighted by molar-refractivity contribution is 5.67. The van der Waals surface area contributed by atoms with Gasteiger partial charge in [0.25, 0.3) is 0 Å². The molecule has 0 bridgehead atoms. The third kappa shape index (κ3) is 2.96. The van der Waals surface area contributed by atoms with E-state index >= 15 is 0 Å². The van der Waals surface area contributed by atoms with E-state index in [4.69, 9.17) is 0 Å². The lowest BCUT2D eigenvalue weighted by Crippen LogP contribution is -2.11. The maximum atomic E-state index is 13.0. The van der Waals surface area contributed by atoms with Gasteiger partial charge in [0, 0.05) is 6.54 Å². The summed E-state index contributed by atoms with van der Waals surface area (Å²) in [7, 11) is 4.10. The van der Waals surface area contributed by atoms with Crippen LogP contribution < -0.4 is 0 Å². The van der Waals surface area contributed by atoms with E-state index < -0.39 is 0 Å². The SMILES string of the molecule is Cc1ccc(-c2ccc(F)cc2)c(CN(C)C)c1. The average molecular weight is 243 g/mol. The number of hydrogen-bond donors (Lipinski definition) is 0. The molecular formula is C16H18FN. The molecule has 0 atom stereocenters. The predicted octanol–water partition coefficient (Wildman–Crippen LogP) is 3.86. The Balaban J connectivity index is 2.45. The van der Waals surface area contributed by atoms with Gasteiger partial charge in [-0.1, -0.05) is 35.9 Å². The fourth-order valence-electron chi connectivity index (χ4n) is 2.11. The van der Waals surface area contributed by atoms with Crippen LogP contribution in [0, 0.1) is 12.7 Å². The second kappa shape index (κ2) is 5.32. The predicted molar refractivity (Wildman–Crippen MR) is 74.0 cm³/mol. The van der Waals surface area contributed by atoms with Gasteiger partial charge in [0.05, 0.1) is 0 Å². The summed E-state index contributed by atoms with van der Waals surface area (Å²) < 4.78 is 13.0. The molecule has 0 aliphatic heterocycles. The number of halogens is 1. The quantitative estimate of drug-likeness (QED) is 0.791. The van der Waals surface area contributed by atoms with E-state index in [2.05, 4.69) is 44.1 Å². The number of rotatable bonds is 3. The molecule has 0 N–H and O–H groups in total. The molecule has 2 aromatic rings. The lowest BCUT2D eigenvalue weighted by atomic mass is 9.97. The van der Waals surface area contributed by atoms with E-state index in [1.165, 1.54) is 28.8 Å². The minimum atomic E-state index is -0.194. The lowest BCUT2D eigenvalue weighted by Gasteiger charge is -2.15. The molecule has 0 aliphatic rings. The first-order chi connectivity index (χ1) is 8.56. The summed E-state index contributed by atoms with van der Waals surface area (Å²) in [4.78, 5) is 2.14. The summed E-state index contributed by atoms with van der Waals surface area (Å²) in [6, 6.07) is 13.1. The van der Waals surface area contributed by atoms with Crippen molar-refractivity contribution in [3.05, 3.63) is 59.4 Å². The van der Waals surface area contributed by atoms with Crippen molar-refractivity contribution in [2.75, 3.05) is 14.1 Å². The Hall–Kier alpha value is -1.67. The molecule has 2 aromatic carbocycles. The van der Waals surface area contributed by atoms with Gasteiger partial charge < -0.3 is 4.90 Å². The van der Waals surface area contributed by atoms with Gasteiger partial charge in [-0.05, 0) is 49.8 Å². The molecule has 0 fully saturated rings. The summed E-state index contributed by atoms with van der Waals surface area (Å²) in [5.41, 5.74) is 4.76. The monoisotopic (exact) mass is 243 g/mol. The Morgan fingerprint density at radius 1 is 1.00 bits per heavy atom. The van der Waals surface area contributed by atoms with Crippen molar-refractivity contribution in [2.24, 2.45) is 0 Å². The maximum Gasteiger partial charge on any atom is 0.123 e. The van der Waals surface area contributed by atoms with Gasteiger partial charge in [-0.2, -0.15) is 0 Å². The largest absolute Gasteiger partial charge is 0.305 e. The summed E-state index contributed by atoms with van der Waals surface area (Å²) in [5, 5.41) is 0. The summed E-state index contributed by atoms with van der Waals surface area (Å²) >= 11 is 0. The molecule has 0 saturated heterocycles. The molecule has 2 heteroatoms. The van der Waals surface area contributed by atoms with Crippen molar-refractivity contribution >= 4 is 0 Å². The topological polar surface area (TPSA) is 3.24 Å². The molecule has 0 aromatic heterocycles. The lowest BCUT2D eigenvalue weighted by molar-refractivity contribution is 0.403.